The van der Waals surface area contributed by atoms with Crippen LogP contribution in [-0.4, -0.2) is 99.1 Å². The molecule has 12 heteroatoms. The predicted molar refractivity (Wildman–Crippen MR) is 147 cm³/mol. The van der Waals surface area contributed by atoms with Crippen LogP contribution in [0.5, 0.6) is 0 Å². The Morgan fingerprint density at radius 3 is 2.44 bits per heavy atom. The second-order valence-electron chi connectivity index (χ2n) is 11.3. The number of nitrogens with one attached hydrogen (secondary N) is 2. The van der Waals surface area contributed by atoms with Crippen molar-refractivity contribution >= 4 is 17.8 Å². The second-order valence-corrected chi connectivity index (χ2v) is 11.3. The first-order chi connectivity index (χ1) is 18.7. The smallest absolute Gasteiger partial charge is 0.320 e. The fourth-order valence-corrected chi connectivity index (χ4v) is 5.30. The molecule has 1 atom stereocenters. The molecule has 2 fully saturated rings. The lowest BCUT2D eigenvalue weighted by atomic mass is 9.99. The van der Waals surface area contributed by atoms with Gasteiger partial charge in [-0.3, -0.25) is 14.8 Å². The maximum atomic E-state index is 13.8. The number of nitrogens with zero attached hydrogens (tertiary/aromatic N) is 6. The van der Waals surface area contributed by atoms with E-state index in [2.05, 4.69) is 49.2 Å². The number of aryl methyl sites for hydroxylation is 1. The molecule has 0 spiro atoms. The molecule has 2 aromatic rings. The second kappa shape index (κ2) is 12.9. The summed E-state index contributed by atoms with van der Waals surface area (Å²) in [5.41, 5.74) is 2.16. The monoisotopic (exact) mass is 544 g/mol. The minimum atomic E-state index is -0.455. The molecule has 12 nitrogen and oxygen atoms in total. The van der Waals surface area contributed by atoms with Crippen LogP contribution in [0.3, 0.4) is 0 Å². The van der Waals surface area contributed by atoms with Crippen LogP contribution in [0.4, 0.5) is 10.6 Å². The van der Waals surface area contributed by atoms with Gasteiger partial charge < -0.3 is 19.9 Å². The van der Waals surface area contributed by atoms with Crippen molar-refractivity contribution in [3.05, 3.63) is 22.6 Å². The van der Waals surface area contributed by atoms with Crippen LogP contribution in [0.1, 0.15) is 86.7 Å². The first-order valence-electron chi connectivity index (χ1n) is 14.2. The molecule has 216 valence electrons. The van der Waals surface area contributed by atoms with Gasteiger partial charge in [0.2, 0.25) is 0 Å². The first-order valence-corrected chi connectivity index (χ1v) is 14.2. The van der Waals surface area contributed by atoms with Gasteiger partial charge in [0.1, 0.15) is 5.69 Å². The molecule has 2 N–H and O–H groups in total. The van der Waals surface area contributed by atoms with Gasteiger partial charge in [0, 0.05) is 56.7 Å². The van der Waals surface area contributed by atoms with Crippen molar-refractivity contribution in [3.63, 3.8) is 0 Å². The highest BCUT2D eigenvalue weighted by Crippen LogP contribution is 2.30. The Balaban J connectivity index is 1.44. The van der Waals surface area contributed by atoms with Crippen LogP contribution >= 0.6 is 0 Å². The van der Waals surface area contributed by atoms with E-state index in [0.717, 1.165) is 63.2 Å². The van der Waals surface area contributed by atoms with E-state index in [9.17, 15) is 9.59 Å². The molecule has 39 heavy (non-hydrogen) atoms. The van der Waals surface area contributed by atoms with Gasteiger partial charge in [0.25, 0.3) is 5.91 Å². The van der Waals surface area contributed by atoms with Crippen molar-refractivity contribution in [2.24, 2.45) is 5.92 Å². The third-order valence-corrected chi connectivity index (χ3v) is 7.86. The fourth-order valence-electron chi connectivity index (χ4n) is 5.30. The number of urea groups is 1. The highest BCUT2D eigenvalue weighted by molar-refractivity contribution is 6.03. The summed E-state index contributed by atoms with van der Waals surface area (Å²) in [5, 5.41) is 17.6. The largest absolute Gasteiger partial charge is 0.381 e. The van der Waals surface area contributed by atoms with Gasteiger partial charge in [0.15, 0.2) is 11.5 Å². The number of hydrogen-bond donors (Lipinski definition) is 2. The molecule has 1 saturated carbocycles. The van der Waals surface area contributed by atoms with Crippen molar-refractivity contribution in [1.29, 1.82) is 0 Å². The van der Waals surface area contributed by atoms with E-state index in [1.165, 1.54) is 0 Å². The number of amides is 3. The van der Waals surface area contributed by atoms with E-state index in [1.54, 1.807) is 11.8 Å². The van der Waals surface area contributed by atoms with Crippen molar-refractivity contribution in [2.75, 3.05) is 45.2 Å². The molecule has 3 heterocycles. The number of likely N-dealkylation sites (N-methyl/N-ethyl adjacent to an activating group) is 1. The minimum Gasteiger partial charge on any atom is -0.381 e. The summed E-state index contributed by atoms with van der Waals surface area (Å²) in [6.07, 6.45) is 4.28. The van der Waals surface area contributed by atoms with Crippen LogP contribution in [0.2, 0.25) is 0 Å². The summed E-state index contributed by atoms with van der Waals surface area (Å²) in [4.78, 5) is 32.9. The zero-order valence-electron chi connectivity index (χ0n) is 24.2. The first kappa shape index (κ1) is 29.0. The molecule has 0 radical (unpaired) electrons. The van der Waals surface area contributed by atoms with Gasteiger partial charge in [-0.15, -0.1) is 0 Å². The number of aromatic nitrogens is 4. The highest BCUT2D eigenvalue weighted by Gasteiger charge is 2.36. The maximum Gasteiger partial charge on any atom is 0.320 e. The lowest BCUT2D eigenvalue weighted by Gasteiger charge is -2.37. The van der Waals surface area contributed by atoms with Crippen molar-refractivity contribution < 1.29 is 19.0 Å². The number of ether oxygens (including phenoxy) is 1. The van der Waals surface area contributed by atoms with E-state index in [-0.39, 0.29) is 29.7 Å². The zero-order chi connectivity index (χ0) is 28.1. The molecule has 1 aliphatic carbocycles. The lowest BCUT2D eigenvalue weighted by Crippen LogP contribution is -2.50. The number of rotatable bonds is 12. The molecular weight excluding hydrogens is 500 g/mol. The van der Waals surface area contributed by atoms with Crippen LogP contribution in [0.25, 0.3) is 0 Å². The summed E-state index contributed by atoms with van der Waals surface area (Å²) >= 11 is 0. The van der Waals surface area contributed by atoms with Crippen molar-refractivity contribution in [2.45, 2.75) is 84.8 Å². The molecule has 0 unspecified atom stereocenters. The standard InChI is InChI=1S/C27H44N8O4/c1-7-34(15-20-10-12-38-13-11-20)18(4)14-35(21-8-9-21)27(37)33(6)16-22-23(17(2)3)29-30-25(22)28-26(36)24-19(5)31-39-32-24/h17-18,20-21H,7-16H2,1-6H3,(H2,28,29,30,36)/t18-/m1/s1. The zero-order valence-corrected chi connectivity index (χ0v) is 24.2. The Morgan fingerprint density at radius 2 is 1.85 bits per heavy atom. The predicted octanol–water partition coefficient (Wildman–Crippen LogP) is 3.63. The minimum absolute atomic E-state index is 0.00352. The molecule has 2 aromatic heterocycles. The van der Waals surface area contributed by atoms with Gasteiger partial charge in [-0.25, -0.2) is 9.42 Å². The topological polar surface area (TPSA) is 133 Å². The number of aromatic amines is 1. The molecule has 1 aliphatic heterocycles. The van der Waals surface area contributed by atoms with Gasteiger partial charge in [-0.05, 0) is 63.1 Å². The molecule has 4 rings (SSSR count). The Hall–Kier alpha value is -2.99. The van der Waals surface area contributed by atoms with Gasteiger partial charge in [0.05, 0.1) is 6.54 Å². The Labute approximate surface area is 230 Å². The van der Waals surface area contributed by atoms with Crippen LogP contribution in [0.15, 0.2) is 4.63 Å². The van der Waals surface area contributed by atoms with Crippen LogP contribution in [-0.2, 0) is 11.3 Å². The Kier molecular flexibility index (Phi) is 9.60. The fraction of sp³-hybridized carbons (Fsp3) is 0.741. The van der Waals surface area contributed by atoms with Gasteiger partial charge in [-0.1, -0.05) is 25.9 Å². The highest BCUT2D eigenvalue weighted by atomic mass is 16.6. The molecule has 2 aliphatic rings. The number of carbonyl (C=O) groups is 2. The quantitative estimate of drug-likeness (QED) is 0.414. The van der Waals surface area contributed by atoms with E-state index in [0.29, 0.717) is 30.5 Å². The third-order valence-electron chi connectivity index (χ3n) is 7.86. The number of H-pyrrole nitrogens is 1. The molecule has 1 saturated heterocycles. The Morgan fingerprint density at radius 1 is 1.13 bits per heavy atom. The maximum absolute atomic E-state index is 13.8. The summed E-state index contributed by atoms with van der Waals surface area (Å²) in [5.74, 6) is 0.698. The Bertz CT molecular complexity index is 1110. The van der Waals surface area contributed by atoms with E-state index >= 15 is 0 Å². The number of carbonyl (C=O) groups excluding carboxylic acids is 2. The molecule has 0 bridgehead atoms. The van der Waals surface area contributed by atoms with E-state index in [1.807, 2.05) is 25.8 Å². The van der Waals surface area contributed by atoms with E-state index in [4.69, 9.17) is 4.74 Å². The molecule has 3 amide bonds. The van der Waals surface area contributed by atoms with Gasteiger partial charge >= 0.3 is 6.03 Å². The normalized spacial score (nSPS) is 17.0. The average Bonchev–Trinajstić information content (AvgIpc) is 3.55. The summed E-state index contributed by atoms with van der Waals surface area (Å²) in [7, 11) is 1.82. The third kappa shape index (κ3) is 7.16. The summed E-state index contributed by atoms with van der Waals surface area (Å²) in [6.45, 7) is 14.9. The van der Waals surface area contributed by atoms with Crippen molar-refractivity contribution in [1.82, 2.24) is 35.2 Å². The number of anilines is 1. The molecular formula is C27H44N8O4. The molecule has 0 aromatic carbocycles. The van der Waals surface area contributed by atoms with Crippen LogP contribution < -0.4 is 5.32 Å². The lowest BCUT2D eigenvalue weighted by molar-refractivity contribution is 0.0441. The SMILES string of the molecule is CCN(CC1CCOCC1)[C@H](C)CN(C(=O)N(C)Cc1c(NC(=O)c2nonc2C)n[nH]c1C(C)C)C1CC1. The van der Waals surface area contributed by atoms with Gasteiger partial charge in [-0.2, -0.15) is 5.10 Å². The van der Waals surface area contributed by atoms with E-state index < -0.39 is 5.91 Å². The summed E-state index contributed by atoms with van der Waals surface area (Å²) in [6, 6.07) is 0.529. The van der Waals surface area contributed by atoms with Crippen LogP contribution in [0, 0.1) is 12.8 Å². The summed E-state index contributed by atoms with van der Waals surface area (Å²) < 4.78 is 10.2. The average molecular weight is 545 g/mol. The van der Waals surface area contributed by atoms with Crippen molar-refractivity contribution in [3.8, 4) is 0 Å². The number of hydrogen-bond acceptors (Lipinski definition) is 8.